The van der Waals surface area contributed by atoms with Gasteiger partial charge in [-0.05, 0) is 62.4 Å². The van der Waals surface area contributed by atoms with E-state index >= 15 is 0 Å². The molecule has 4 rings (SSSR count). The van der Waals surface area contributed by atoms with Gasteiger partial charge >= 0.3 is 0 Å². The highest BCUT2D eigenvalue weighted by molar-refractivity contribution is 5.92. The van der Waals surface area contributed by atoms with Crippen molar-refractivity contribution in [1.82, 2.24) is 19.9 Å². The summed E-state index contributed by atoms with van der Waals surface area (Å²) in [7, 11) is 0. The normalized spacial score (nSPS) is 14.7. The molecule has 0 radical (unpaired) electrons. The van der Waals surface area contributed by atoms with Crippen molar-refractivity contribution in [1.29, 1.82) is 0 Å². The maximum atomic E-state index is 11.2. The SMILES string of the molecule is Cc1cc(C)c(Nc2nc(N)nc(NC3CCN(Cc4ccc(C(N)=O)cc4)CC3)n2)c(C)c1. The summed E-state index contributed by atoms with van der Waals surface area (Å²) >= 11 is 0. The van der Waals surface area contributed by atoms with E-state index in [0.717, 1.165) is 49.3 Å². The topological polar surface area (TPSA) is 135 Å². The van der Waals surface area contributed by atoms with Gasteiger partial charge in [0.1, 0.15) is 0 Å². The third-order valence-electron chi connectivity index (χ3n) is 6.13. The number of rotatable bonds is 7. The zero-order valence-corrected chi connectivity index (χ0v) is 19.9. The largest absolute Gasteiger partial charge is 0.368 e. The molecule has 0 atom stereocenters. The van der Waals surface area contributed by atoms with E-state index in [2.05, 4.69) is 63.4 Å². The Bertz CT molecular complexity index is 1150. The lowest BCUT2D eigenvalue weighted by Crippen LogP contribution is -2.39. The Morgan fingerprint density at radius 2 is 1.62 bits per heavy atom. The highest BCUT2D eigenvalue weighted by Gasteiger charge is 2.20. The number of nitrogen functional groups attached to an aromatic ring is 1. The van der Waals surface area contributed by atoms with E-state index in [0.29, 0.717) is 17.5 Å². The molecule has 1 saturated heterocycles. The number of nitrogens with one attached hydrogen (secondary N) is 2. The molecule has 0 saturated carbocycles. The van der Waals surface area contributed by atoms with Gasteiger partial charge in [-0.15, -0.1) is 0 Å². The minimum Gasteiger partial charge on any atom is -0.368 e. The molecule has 1 aliphatic rings. The summed E-state index contributed by atoms with van der Waals surface area (Å²) in [5.41, 5.74) is 17.4. The van der Waals surface area contributed by atoms with Crippen LogP contribution in [0.4, 0.5) is 23.5 Å². The second-order valence-electron chi connectivity index (χ2n) is 9.00. The average molecular weight is 461 g/mol. The molecule has 1 amide bonds. The number of nitrogens with zero attached hydrogens (tertiary/aromatic N) is 4. The third kappa shape index (κ3) is 5.79. The van der Waals surface area contributed by atoms with Crippen molar-refractivity contribution in [3.05, 3.63) is 64.2 Å². The summed E-state index contributed by atoms with van der Waals surface area (Å²) in [6, 6.07) is 12.0. The van der Waals surface area contributed by atoms with Crippen molar-refractivity contribution >= 4 is 29.4 Å². The molecule has 0 unspecified atom stereocenters. The molecule has 0 spiro atoms. The lowest BCUT2D eigenvalue weighted by Gasteiger charge is -2.32. The Morgan fingerprint density at radius 1 is 1.00 bits per heavy atom. The highest BCUT2D eigenvalue weighted by Crippen LogP contribution is 2.25. The quantitative estimate of drug-likeness (QED) is 0.422. The van der Waals surface area contributed by atoms with Crippen LogP contribution in [0.5, 0.6) is 0 Å². The van der Waals surface area contributed by atoms with Crippen LogP contribution in [0.15, 0.2) is 36.4 Å². The molecule has 6 N–H and O–H groups in total. The van der Waals surface area contributed by atoms with Gasteiger partial charge < -0.3 is 22.1 Å². The molecular formula is C25H32N8O. The van der Waals surface area contributed by atoms with Crippen molar-refractivity contribution in [3.63, 3.8) is 0 Å². The van der Waals surface area contributed by atoms with Crippen LogP contribution >= 0.6 is 0 Å². The van der Waals surface area contributed by atoms with Crippen LogP contribution in [-0.4, -0.2) is 44.9 Å². The number of carbonyl (C=O) groups is 1. The first-order valence-electron chi connectivity index (χ1n) is 11.5. The van der Waals surface area contributed by atoms with Gasteiger partial charge in [0, 0.05) is 36.9 Å². The summed E-state index contributed by atoms with van der Waals surface area (Å²) in [6.45, 7) is 8.94. The number of primary amides is 1. The van der Waals surface area contributed by atoms with Crippen LogP contribution < -0.4 is 22.1 Å². The maximum Gasteiger partial charge on any atom is 0.248 e. The van der Waals surface area contributed by atoms with Crippen molar-refractivity contribution in [2.75, 3.05) is 29.5 Å². The Kier molecular flexibility index (Phi) is 6.93. The molecule has 9 heteroatoms. The monoisotopic (exact) mass is 460 g/mol. The molecule has 1 aromatic heterocycles. The lowest BCUT2D eigenvalue weighted by atomic mass is 10.0. The molecule has 3 aromatic rings. The summed E-state index contributed by atoms with van der Waals surface area (Å²) in [5.74, 6) is 0.693. The van der Waals surface area contributed by atoms with Crippen molar-refractivity contribution in [2.24, 2.45) is 5.73 Å². The number of likely N-dealkylation sites (tertiary alicyclic amines) is 1. The van der Waals surface area contributed by atoms with Gasteiger partial charge in [0.15, 0.2) is 0 Å². The molecule has 0 aliphatic carbocycles. The number of carbonyl (C=O) groups excluding carboxylic acids is 1. The van der Waals surface area contributed by atoms with E-state index in [1.165, 1.54) is 11.1 Å². The number of aryl methyl sites for hydroxylation is 3. The molecule has 2 aromatic carbocycles. The number of hydrogen-bond acceptors (Lipinski definition) is 8. The second-order valence-corrected chi connectivity index (χ2v) is 9.00. The van der Waals surface area contributed by atoms with Crippen molar-refractivity contribution in [2.45, 2.75) is 46.2 Å². The zero-order chi connectivity index (χ0) is 24.2. The fraction of sp³-hybridized carbons (Fsp3) is 0.360. The number of hydrogen-bond donors (Lipinski definition) is 4. The molecule has 0 bridgehead atoms. The van der Waals surface area contributed by atoms with Crippen LogP contribution in [0, 0.1) is 20.8 Å². The van der Waals surface area contributed by atoms with Gasteiger partial charge in [0.05, 0.1) is 0 Å². The predicted octanol–water partition coefficient (Wildman–Crippen LogP) is 3.30. The Labute approximate surface area is 200 Å². The van der Waals surface area contributed by atoms with E-state index in [1.54, 1.807) is 12.1 Å². The molecular weight excluding hydrogens is 428 g/mol. The van der Waals surface area contributed by atoms with Crippen LogP contribution in [0.3, 0.4) is 0 Å². The minimum atomic E-state index is -0.403. The van der Waals surface area contributed by atoms with E-state index in [9.17, 15) is 4.79 Å². The minimum absolute atomic E-state index is 0.180. The van der Waals surface area contributed by atoms with Gasteiger partial charge in [-0.1, -0.05) is 29.8 Å². The van der Waals surface area contributed by atoms with Crippen molar-refractivity contribution < 1.29 is 4.79 Å². The number of nitrogens with two attached hydrogens (primary N) is 2. The lowest BCUT2D eigenvalue weighted by molar-refractivity contribution is 0.1000. The molecule has 9 nitrogen and oxygen atoms in total. The molecule has 178 valence electrons. The van der Waals surface area contributed by atoms with Gasteiger partial charge in [-0.2, -0.15) is 15.0 Å². The average Bonchev–Trinajstić information content (AvgIpc) is 2.77. The first-order chi connectivity index (χ1) is 16.3. The Hall–Kier alpha value is -3.72. The standard InChI is InChI=1S/C25H32N8O/c1-15-12-16(2)21(17(3)13-15)29-25-31-23(27)30-24(32-25)28-20-8-10-33(11-9-20)14-18-4-6-19(7-5-18)22(26)34/h4-7,12-13,20H,8-11,14H2,1-3H3,(H2,26,34)(H4,27,28,29,30,31,32). The molecule has 1 aliphatic heterocycles. The first-order valence-corrected chi connectivity index (χ1v) is 11.5. The van der Waals surface area contributed by atoms with Crippen LogP contribution in [0.1, 0.15) is 45.5 Å². The number of anilines is 4. The van der Waals surface area contributed by atoms with Crippen LogP contribution in [-0.2, 0) is 6.54 Å². The van der Waals surface area contributed by atoms with E-state index in [4.69, 9.17) is 11.5 Å². The number of piperidine rings is 1. The number of amides is 1. The van der Waals surface area contributed by atoms with Crippen LogP contribution in [0.25, 0.3) is 0 Å². The van der Waals surface area contributed by atoms with E-state index < -0.39 is 5.91 Å². The van der Waals surface area contributed by atoms with E-state index in [-0.39, 0.29) is 12.0 Å². The van der Waals surface area contributed by atoms with Gasteiger partial charge in [0.25, 0.3) is 0 Å². The fourth-order valence-electron chi connectivity index (χ4n) is 4.45. The Morgan fingerprint density at radius 3 is 2.24 bits per heavy atom. The smallest absolute Gasteiger partial charge is 0.248 e. The van der Waals surface area contributed by atoms with Crippen molar-refractivity contribution in [3.8, 4) is 0 Å². The summed E-state index contributed by atoms with van der Waals surface area (Å²) in [6.07, 6.45) is 1.92. The van der Waals surface area contributed by atoms with Crippen LogP contribution in [0.2, 0.25) is 0 Å². The van der Waals surface area contributed by atoms with Gasteiger partial charge in [-0.3, -0.25) is 9.69 Å². The maximum absolute atomic E-state index is 11.2. The first kappa shape index (κ1) is 23.4. The number of benzene rings is 2. The molecule has 34 heavy (non-hydrogen) atoms. The summed E-state index contributed by atoms with van der Waals surface area (Å²) in [4.78, 5) is 26.8. The predicted molar refractivity (Wildman–Crippen MR) is 135 cm³/mol. The van der Waals surface area contributed by atoms with E-state index in [1.807, 2.05) is 12.1 Å². The fourth-order valence-corrected chi connectivity index (χ4v) is 4.45. The Balaban J connectivity index is 1.35. The van der Waals surface area contributed by atoms with Gasteiger partial charge in [-0.25, -0.2) is 0 Å². The molecule has 2 heterocycles. The third-order valence-corrected chi connectivity index (χ3v) is 6.13. The second kappa shape index (κ2) is 10.0. The molecule has 1 fully saturated rings. The highest BCUT2D eigenvalue weighted by atomic mass is 16.1. The summed E-state index contributed by atoms with van der Waals surface area (Å²) < 4.78 is 0. The number of aromatic nitrogens is 3. The van der Waals surface area contributed by atoms with Gasteiger partial charge in [0.2, 0.25) is 23.8 Å². The zero-order valence-electron chi connectivity index (χ0n) is 19.9. The summed E-state index contributed by atoms with van der Waals surface area (Å²) in [5, 5.41) is 6.74.